The largest absolute Gasteiger partial charge is 0.393 e. The van der Waals surface area contributed by atoms with Crippen molar-refractivity contribution in [2.24, 2.45) is 11.7 Å². The topological polar surface area (TPSA) is 46.2 Å². The maximum absolute atomic E-state index is 9.37. The lowest BCUT2D eigenvalue weighted by atomic mass is 9.97. The van der Waals surface area contributed by atoms with Gasteiger partial charge in [0, 0.05) is 0 Å². The first-order valence-corrected chi connectivity index (χ1v) is 4.58. The molecule has 68 valence electrons. The van der Waals surface area contributed by atoms with Crippen molar-refractivity contribution in [2.45, 2.75) is 45.6 Å². The quantitative estimate of drug-likeness (QED) is 0.617. The molecule has 0 aliphatic carbocycles. The number of aliphatic hydroxyl groups is 1. The Morgan fingerprint density at radius 2 is 2.00 bits per heavy atom. The van der Waals surface area contributed by atoms with Crippen LogP contribution in [0.3, 0.4) is 0 Å². The molecule has 2 unspecified atom stereocenters. The fourth-order valence-electron chi connectivity index (χ4n) is 1.39. The van der Waals surface area contributed by atoms with Gasteiger partial charge >= 0.3 is 0 Å². The predicted octanol–water partition coefficient (Wildman–Crippen LogP) is 1.52. The van der Waals surface area contributed by atoms with Crippen LogP contribution in [0.5, 0.6) is 0 Å². The van der Waals surface area contributed by atoms with Gasteiger partial charge in [-0.3, -0.25) is 0 Å². The predicted molar refractivity (Wildman–Crippen MR) is 48.4 cm³/mol. The standard InChI is InChI=1S/C9H21NO/c1-3-4-8(2)7-9(11)5-6-10/h8-9,11H,3-7,10H2,1-2H3. The zero-order chi connectivity index (χ0) is 8.69. The number of aliphatic hydroxyl groups excluding tert-OH is 1. The molecule has 0 aromatic heterocycles. The molecule has 0 aliphatic rings. The second kappa shape index (κ2) is 6.62. The van der Waals surface area contributed by atoms with E-state index in [4.69, 9.17) is 5.73 Å². The summed E-state index contributed by atoms with van der Waals surface area (Å²) in [5.74, 6) is 0.640. The van der Waals surface area contributed by atoms with Crippen LogP contribution in [-0.2, 0) is 0 Å². The summed E-state index contributed by atoms with van der Waals surface area (Å²) in [5, 5.41) is 9.37. The molecule has 0 aromatic carbocycles. The highest BCUT2D eigenvalue weighted by atomic mass is 16.3. The summed E-state index contributed by atoms with van der Waals surface area (Å²) in [6.07, 6.45) is 3.89. The van der Waals surface area contributed by atoms with Crippen LogP contribution in [0, 0.1) is 5.92 Å². The van der Waals surface area contributed by atoms with E-state index in [1.54, 1.807) is 0 Å². The molecule has 0 aliphatic heterocycles. The van der Waals surface area contributed by atoms with E-state index < -0.39 is 0 Å². The van der Waals surface area contributed by atoms with E-state index in [-0.39, 0.29) is 6.10 Å². The molecule has 2 heteroatoms. The maximum atomic E-state index is 9.37. The van der Waals surface area contributed by atoms with Crippen LogP contribution in [0.2, 0.25) is 0 Å². The van der Waals surface area contributed by atoms with E-state index in [0.717, 1.165) is 12.8 Å². The van der Waals surface area contributed by atoms with Gasteiger partial charge in [-0.2, -0.15) is 0 Å². The second-order valence-electron chi connectivity index (χ2n) is 3.36. The minimum atomic E-state index is -0.179. The molecule has 0 fully saturated rings. The third kappa shape index (κ3) is 6.32. The minimum absolute atomic E-state index is 0.179. The first kappa shape index (κ1) is 10.9. The van der Waals surface area contributed by atoms with Crippen molar-refractivity contribution in [1.29, 1.82) is 0 Å². The number of rotatable bonds is 6. The molecule has 3 N–H and O–H groups in total. The lowest BCUT2D eigenvalue weighted by Gasteiger charge is -2.14. The highest BCUT2D eigenvalue weighted by molar-refractivity contribution is 4.61. The average Bonchev–Trinajstić information content (AvgIpc) is 1.87. The molecule has 2 atom stereocenters. The van der Waals surface area contributed by atoms with Crippen molar-refractivity contribution in [3.63, 3.8) is 0 Å². The molecule has 0 saturated carbocycles. The third-order valence-corrected chi connectivity index (χ3v) is 1.96. The summed E-state index contributed by atoms with van der Waals surface area (Å²) >= 11 is 0. The van der Waals surface area contributed by atoms with Crippen molar-refractivity contribution in [1.82, 2.24) is 0 Å². The monoisotopic (exact) mass is 159 g/mol. The second-order valence-corrected chi connectivity index (χ2v) is 3.36. The van der Waals surface area contributed by atoms with E-state index in [2.05, 4.69) is 13.8 Å². The van der Waals surface area contributed by atoms with Crippen molar-refractivity contribution >= 4 is 0 Å². The van der Waals surface area contributed by atoms with E-state index in [1.165, 1.54) is 12.8 Å². The van der Waals surface area contributed by atoms with Gasteiger partial charge in [-0.1, -0.05) is 26.7 Å². The number of hydrogen-bond acceptors (Lipinski definition) is 2. The van der Waals surface area contributed by atoms with Crippen LogP contribution in [0.4, 0.5) is 0 Å². The first-order valence-electron chi connectivity index (χ1n) is 4.58. The van der Waals surface area contributed by atoms with Crippen LogP contribution in [0.25, 0.3) is 0 Å². The van der Waals surface area contributed by atoms with Gasteiger partial charge in [-0.25, -0.2) is 0 Å². The highest BCUT2D eigenvalue weighted by Gasteiger charge is 2.07. The molecule has 0 rings (SSSR count). The first-order chi connectivity index (χ1) is 5.20. The van der Waals surface area contributed by atoms with Gasteiger partial charge in [0.05, 0.1) is 6.10 Å². The van der Waals surface area contributed by atoms with E-state index in [9.17, 15) is 5.11 Å². The molecule has 0 spiro atoms. The zero-order valence-corrected chi connectivity index (χ0v) is 7.71. The minimum Gasteiger partial charge on any atom is -0.393 e. The lowest BCUT2D eigenvalue weighted by molar-refractivity contribution is 0.136. The molecule has 2 nitrogen and oxygen atoms in total. The molecule has 0 amide bonds. The molecule has 0 aromatic rings. The van der Waals surface area contributed by atoms with Crippen molar-refractivity contribution in [3.05, 3.63) is 0 Å². The Morgan fingerprint density at radius 3 is 2.45 bits per heavy atom. The summed E-state index contributed by atoms with van der Waals surface area (Å²) in [6.45, 7) is 4.95. The molecule has 0 saturated heterocycles. The van der Waals surface area contributed by atoms with E-state index in [0.29, 0.717) is 12.5 Å². The summed E-state index contributed by atoms with van der Waals surface area (Å²) in [6, 6.07) is 0. The van der Waals surface area contributed by atoms with Crippen LogP contribution in [-0.4, -0.2) is 17.8 Å². The molecule has 11 heavy (non-hydrogen) atoms. The van der Waals surface area contributed by atoms with Crippen molar-refractivity contribution in [2.75, 3.05) is 6.54 Å². The summed E-state index contributed by atoms with van der Waals surface area (Å²) in [5.41, 5.74) is 5.32. The Bertz CT molecular complexity index is 75.6. The molecule has 0 radical (unpaired) electrons. The number of nitrogens with two attached hydrogens (primary N) is 1. The summed E-state index contributed by atoms with van der Waals surface area (Å²) in [7, 11) is 0. The SMILES string of the molecule is CCCC(C)CC(O)CCN. The van der Waals surface area contributed by atoms with Gasteiger partial charge in [-0.05, 0) is 25.3 Å². The van der Waals surface area contributed by atoms with Gasteiger partial charge < -0.3 is 10.8 Å². The van der Waals surface area contributed by atoms with Crippen LogP contribution >= 0.6 is 0 Å². The van der Waals surface area contributed by atoms with Gasteiger partial charge in [0.15, 0.2) is 0 Å². The Labute approximate surface area is 69.8 Å². The number of hydrogen-bond donors (Lipinski definition) is 2. The Morgan fingerprint density at radius 1 is 1.36 bits per heavy atom. The van der Waals surface area contributed by atoms with Crippen molar-refractivity contribution in [3.8, 4) is 0 Å². The van der Waals surface area contributed by atoms with E-state index >= 15 is 0 Å². The average molecular weight is 159 g/mol. The molecular weight excluding hydrogens is 138 g/mol. The maximum Gasteiger partial charge on any atom is 0.0554 e. The zero-order valence-electron chi connectivity index (χ0n) is 7.71. The Kier molecular flexibility index (Phi) is 6.57. The normalized spacial score (nSPS) is 16.4. The van der Waals surface area contributed by atoms with Crippen LogP contribution in [0.1, 0.15) is 39.5 Å². The highest BCUT2D eigenvalue weighted by Crippen LogP contribution is 2.13. The van der Waals surface area contributed by atoms with Gasteiger partial charge in [-0.15, -0.1) is 0 Å². The lowest BCUT2D eigenvalue weighted by Crippen LogP contribution is -2.16. The van der Waals surface area contributed by atoms with Crippen LogP contribution < -0.4 is 5.73 Å². The fraction of sp³-hybridized carbons (Fsp3) is 1.00. The van der Waals surface area contributed by atoms with Crippen molar-refractivity contribution < 1.29 is 5.11 Å². The van der Waals surface area contributed by atoms with Gasteiger partial charge in [0.25, 0.3) is 0 Å². The van der Waals surface area contributed by atoms with Gasteiger partial charge in [0.1, 0.15) is 0 Å². The van der Waals surface area contributed by atoms with Crippen LogP contribution in [0.15, 0.2) is 0 Å². The molecular formula is C9H21NO. The smallest absolute Gasteiger partial charge is 0.0554 e. The summed E-state index contributed by atoms with van der Waals surface area (Å²) in [4.78, 5) is 0. The van der Waals surface area contributed by atoms with Gasteiger partial charge in [0.2, 0.25) is 0 Å². The molecule has 0 bridgehead atoms. The third-order valence-electron chi connectivity index (χ3n) is 1.96. The Balaban J connectivity index is 3.32. The van der Waals surface area contributed by atoms with E-state index in [1.807, 2.05) is 0 Å². The fourth-order valence-corrected chi connectivity index (χ4v) is 1.39. The molecule has 0 heterocycles. The Hall–Kier alpha value is -0.0800. The summed E-state index contributed by atoms with van der Waals surface area (Å²) < 4.78 is 0.